The molecule has 3 heterocycles. The van der Waals surface area contributed by atoms with Crippen molar-refractivity contribution >= 4 is 27.3 Å². The Balaban J connectivity index is 2.00. The number of hydrogen-bond acceptors (Lipinski definition) is 2. The van der Waals surface area contributed by atoms with E-state index < -0.39 is 0 Å². The highest BCUT2D eigenvalue weighted by Gasteiger charge is 2.15. The number of fused-ring (bicyclic) bond motifs is 5. The van der Waals surface area contributed by atoms with Gasteiger partial charge >= 0.3 is 0 Å². The van der Waals surface area contributed by atoms with E-state index in [1.54, 1.807) is 7.11 Å². The number of ether oxygens (including phenoxy) is 1. The maximum Gasteiger partial charge on any atom is 0.119 e. The summed E-state index contributed by atoms with van der Waals surface area (Å²) in [5, 5.41) is 2.40. The Morgan fingerprint density at radius 2 is 1.77 bits per heavy atom. The quantitative estimate of drug-likeness (QED) is 0.417. The lowest BCUT2D eigenvalue weighted by Crippen LogP contribution is -1.93. The highest BCUT2D eigenvalue weighted by Crippen LogP contribution is 2.36. The summed E-state index contributed by atoms with van der Waals surface area (Å²) < 4.78 is 7.68. The number of nitrogens with zero attached hydrogens (tertiary/aromatic N) is 2. The summed E-state index contributed by atoms with van der Waals surface area (Å²) in [5.74, 6) is 0.836. The van der Waals surface area contributed by atoms with Crippen LogP contribution in [-0.2, 0) is 0 Å². The second kappa shape index (κ2) is 5.60. The van der Waals surface area contributed by atoms with Crippen LogP contribution in [0.1, 0.15) is 5.56 Å². The first-order valence-electron chi connectivity index (χ1n) is 8.70. The van der Waals surface area contributed by atoms with Gasteiger partial charge in [0.15, 0.2) is 0 Å². The molecule has 26 heavy (non-hydrogen) atoms. The van der Waals surface area contributed by atoms with Gasteiger partial charge in [-0.2, -0.15) is 0 Å². The van der Waals surface area contributed by atoms with Gasteiger partial charge in [-0.05, 0) is 42.8 Å². The first-order valence-corrected chi connectivity index (χ1v) is 8.70. The van der Waals surface area contributed by atoms with E-state index in [-0.39, 0.29) is 0 Å². The predicted molar refractivity (Wildman–Crippen MR) is 107 cm³/mol. The number of pyridine rings is 2. The van der Waals surface area contributed by atoms with Gasteiger partial charge in [0, 0.05) is 28.0 Å². The van der Waals surface area contributed by atoms with Crippen LogP contribution in [0.15, 0.2) is 72.9 Å². The Hall–Kier alpha value is -3.33. The molecule has 3 heteroatoms. The predicted octanol–water partition coefficient (Wildman–Crippen LogP) is 5.62. The summed E-state index contributed by atoms with van der Waals surface area (Å²) in [6.07, 6.45) is 2.12. The molecule has 0 radical (unpaired) electrons. The molecule has 0 fully saturated rings. The van der Waals surface area contributed by atoms with Crippen LogP contribution in [0.3, 0.4) is 0 Å². The van der Waals surface area contributed by atoms with Crippen LogP contribution in [0.2, 0.25) is 0 Å². The molecule has 5 aromatic rings. The van der Waals surface area contributed by atoms with Gasteiger partial charge < -0.3 is 9.14 Å². The minimum atomic E-state index is 0.836. The van der Waals surface area contributed by atoms with Gasteiger partial charge in [0.2, 0.25) is 0 Å². The van der Waals surface area contributed by atoms with E-state index in [1.165, 1.54) is 21.9 Å². The largest absolute Gasteiger partial charge is 0.497 e. The lowest BCUT2D eigenvalue weighted by molar-refractivity contribution is 0.415. The second-order valence-electron chi connectivity index (χ2n) is 6.56. The van der Waals surface area contributed by atoms with Gasteiger partial charge in [0.05, 0.1) is 23.8 Å². The molecule has 5 rings (SSSR count). The number of methoxy groups -OCH3 is 1. The molecule has 2 aromatic carbocycles. The normalized spacial score (nSPS) is 11.5. The van der Waals surface area contributed by atoms with Gasteiger partial charge in [-0.1, -0.05) is 36.4 Å². The Kier molecular flexibility index (Phi) is 3.22. The van der Waals surface area contributed by atoms with Crippen molar-refractivity contribution in [3.05, 3.63) is 78.5 Å². The summed E-state index contributed by atoms with van der Waals surface area (Å²) >= 11 is 0. The molecule has 3 nitrogen and oxygen atoms in total. The van der Waals surface area contributed by atoms with E-state index in [9.17, 15) is 0 Å². The number of aromatic nitrogens is 2. The topological polar surface area (TPSA) is 26.5 Å². The average Bonchev–Trinajstić information content (AvgIpc) is 3.09. The minimum Gasteiger partial charge on any atom is -0.497 e. The molecule has 0 spiro atoms. The van der Waals surface area contributed by atoms with Crippen LogP contribution in [-0.4, -0.2) is 16.5 Å². The maximum absolute atomic E-state index is 5.43. The third-order valence-electron chi connectivity index (χ3n) is 5.02. The highest BCUT2D eigenvalue weighted by molar-refractivity contribution is 6.12. The molecule has 3 aromatic heterocycles. The number of para-hydroxylation sites is 1. The highest BCUT2D eigenvalue weighted by atomic mass is 16.5. The van der Waals surface area contributed by atoms with Gasteiger partial charge in [-0.25, -0.2) is 4.98 Å². The Morgan fingerprint density at radius 3 is 2.65 bits per heavy atom. The molecule has 0 atom stereocenters. The van der Waals surface area contributed by atoms with Gasteiger partial charge in [-0.3, -0.25) is 0 Å². The van der Waals surface area contributed by atoms with E-state index in [0.29, 0.717) is 0 Å². The monoisotopic (exact) mass is 338 g/mol. The Morgan fingerprint density at radius 1 is 0.885 bits per heavy atom. The van der Waals surface area contributed by atoms with Crippen molar-refractivity contribution in [1.82, 2.24) is 9.38 Å². The van der Waals surface area contributed by atoms with Crippen molar-refractivity contribution in [3.63, 3.8) is 0 Å². The lowest BCUT2D eigenvalue weighted by Gasteiger charge is -2.10. The van der Waals surface area contributed by atoms with Crippen molar-refractivity contribution in [3.8, 4) is 17.0 Å². The Labute approximate surface area is 151 Å². The first kappa shape index (κ1) is 15.0. The number of benzene rings is 2. The molecule has 0 bridgehead atoms. The fourth-order valence-corrected chi connectivity index (χ4v) is 3.73. The third kappa shape index (κ3) is 2.10. The van der Waals surface area contributed by atoms with Crippen LogP contribution >= 0.6 is 0 Å². The van der Waals surface area contributed by atoms with Gasteiger partial charge in [0.1, 0.15) is 5.75 Å². The van der Waals surface area contributed by atoms with Crippen molar-refractivity contribution in [2.75, 3.05) is 7.11 Å². The standard InChI is InChI=1S/C23H18N2O/c1-15-7-6-12-25-21(15)14-19-18-10-3-4-11-20(18)24-22(23(19)25)16-8-5-9-17(13-16)26-2/h3-14H,1-2H3. The molecule has 0 aliphatic carbocycles. The van der Waals surface area contributed by atoms with Crippen LogP contribution < -0.4 is 4.74 Å². The van der Waals surface area contributed by atoms with Crippen LogP contribution in [0, 0.1) is 6.92 Å². The molecule has 0 N–H and O–H groups in total. The average molecular weight is 338 g/mol. The van der Waals surface area contributed by atoms with Crippen molar-refractivity contribution in [2.24, 2.45) is 0 Å². The van der Waals surface area contributed by atoms with Crippen molar-refractivity contribution in [2.45, 2.75) is 6.92 Å². The van der Waals surface area contributed by atoms with E-state index in [1.807, 2.05) is 24.3 Å². The zero-order chi connectivity index (χ0) is 17.7. The first-order chi connectivity index (χ1) is 12.8. The summed E-state index contributed by atoms with van der Waals surface area (Å²) in [7, 11) is 1.69. The summed E-state index contributed by atoms with van der Waals surface area (Å²) in [4.78, 5) is 5.02. The zero-order valence-corrected chi connectivity index (χ0v) is 14.7. The molecular formula is C23H18N2O. The zero-order valence-electron chi connectivity index (χ0n) is 14.7. The summed E-state index contributed by atoms with van der Waals surface area (Å²) in [5.41, 5.74) is 6.64. The van der Waals surface area contributed by atoms with E-state index in [4.69, 9.17) is 9.72 Å². The lowest BCUT2D eigenvalue weighted by atomic mass is 10.0. The number of hydrogen-bond donors (Lipinski definition) is 0. The van der Waals surface area contributed by atoms with E-state index >= 15 is 0 Å². The van der Waals surface area contributed by atoms with E-state index in [0.717, 1.165) is 28.0 Å². The van der Waals surface area contributed by atoms with Gasteiger partial charge in [-0.15, -0.1) is 0 Å². The molecule has 0 aliphatic heterocycles. The molecule has 0 unspecified atom stereocenters. The number of rotatable bonds is 2. The second-order valence-corrected chi connectivity index (χ2v) is 6.56. The van der Waals surface area contributed by atoms with Crippen LogP contribution in [0.25, 0.3) is 38.6 Å². The van der Waals surface area contributed by atoms with Crippen LogP contribution in [0.5, 0.6) is 5.75 Å². The molecule has 0 aliphatic rings. The van der Waals surface area contributed by atoms with Crippen LogP contribution in [0.4, 0.5) is 0 Å². The molecule has 0 saturated carbocycles. The van der Waals surface area contributed by atoms with E-state index in [2.05, 4.69) is 60.0 Å². The summed E-state index contributed by atoms with van der Waals surface area (Å²) in [6, 6.07) is 23.0. The van der Waals surface area contributed by atoms with Crippen molar-refractivity contribution in [1.29, 1.82) is 0 Å². The molecule has 0 amide bonds. The van der Waals surface area contributed by atoms with Gasteiger partial charge in [0.25, 0.3) is 0 Å². The Bertz CT molecular complexity index is 1280. The van der Waals surface area contributed by atoms with Crippen molar-refractivity contribution < 1.29 is 4.74 Å². The molecular weight excluding hydrogens is 320 g/mol. The fraction of sp³-hybridized carbons (Fsp3) is 0.0870. The maximum atomic E-state index is 5.43. The molecule has 0 saturated heterocycles. The summed E-state index contributed by atoms with van der Waals surface area (Å²) in [6.45, 7) is 2.15. The molecule has 126 valence electrons. The SMILES string of the molecule is COc1cccc(-c2nc3ccccc3c3cc4c(C)cccn4c23)c1. The third-order valence-corrected chi connectivity index (χ3v) is 5.02. The smallest absolute Gasteiger partial charge is 0.119 e. The number of aryl methyl sites for hydroxylation is 1. The minimum absolute atomic E-state index is 0.836. The fourth-order valence-electron chi connectivity index (χ4n) is 3.73.